The van der Waals surface area contributed by atoms with Gasteiger partial charge in [0, 0.05) is 43.6 Å². The third-order valence-electron chi connectivity index (χ3n) is 7.10. The van der Waals surface area contributed by atoms with Crippen LogP contribution in [0, 0.1) is 11.3 Å². The molecule has 2 heterocycles. The van der Waals surface area contributed by atoms with Crippen LogP contribution in [-0.4, -0.2) is 63.2 Å². The highest BCUT2D eigenvalue weighted by Gasteiger charge is 2.41. The number of amides is 1. The van der Waals surface area contributed by atoms with Gasteiger partial charge in [-0.15, -0.1) is 0 Å². The summed E-state index contributed by atoms with van der Waals surface area (Å²) in [7, 11) is -3.26. The van der Waals surface area contributed by atoms with Crippen molar-refractivity contribution in [3.05, 3.63) is 59.7 Å². The Labute approximate surface area is 203 Å². The van der Waals surface area contributed by atoms with Gasteiger partial charge in [-0.05, 0) is 67.5 Å². The Bertz CT molecular complexity index is 1100. The molecule has 0 aliphatic carbocycles. The average molecular weight is 485 g/mol. The monoisotopic (exact) mass is 484 g/mol. The first kappa shape index (κ1) is 24.7. The van der Waals surface area contributed by atoms with Crippen molar-refractivity contribution in [2.24, 2.45) is 11.3 Å². The highest BCUT2D eigenvalue weighted by atomic mass is 32.2. The second-order valence-corrected chi connectivity index (χ2v) is 12.4. The van der Waals surface area contributed by atoms with Crippen molar-refractivity contribution in [2.45, 2.75) is 44.6 Å². The van der Waals surface area contributed by atoms with Gasteiger partial charge in [-0.2, -0.15) is 0 Å². The molecule has 1 spiro atoms. The molecule has 7 heteroatoms. The summed E-state index contributed by atoms with van der Waals surface area (Å²) in [6.45, 7) is 9.55. The summed E-state index contributed by atoms with van der Waals surface area (Å²) in [5, 5.41) is 0. The lowest BCUT2D eigenvalue weighted by Gasteiger charge is -2.39. The lowest BCUT2D eigenvalue weighted by molar-refractivity contribution is 0.0587. The third-order valence-corrected chi connectivity index (χ3v) is 8.23. The predicted octanol–water partition coefficient (Wildman–Crippen LogP) is 4.25. The minimum Gasteiger partial charge on any atom is -0.493 e. The lowest BCUT2D eigenvalue weighted by atomic mass is 9.77. The number of nitrogens with zero attached hydrogens (tertiary/aromatic N) is 2. The van der Waals surface area contributed by atoms with Crippen LogP contribution in [0.2, 0.25) is 0 Å². The molecule has 6 nitrogen and oxygen atoms in total. The molecule has 0 atom stereocenters. The van der Waals surface area contributed by atoms with E-state index in [0.717, 1.165) is 64.3 Å². The molecule has 4 rings (SSSR count). The molecule has 2 aromatic carbocycles. The van der Waals surface area contributed by atoms with Crippen molar-refractivity contribution in [3.63, 3.8) is 0 Å². The van der Waals surface area contributed by atoms with Crippen LogP contribution in [0.3, 0.4) is 0 Å². The second kappa shape index (κ2) is 10.1. The van der Waals surface area contributed by atoms with E-state index in [1.807, 2.05) is 11.0 Å². The van der Waals surface area contributed by atoms with Crippen LogP contribution >= 0.6 is 0 Å². The Morgan fingerprint density at radius 2 is 1.65 bits per heavy atom. The summed E-state index contributed by atoms with van der Waals surface area (Å²) in [5.41, 5.74) is 2.06. The number of likely N-dealkylation sites (tertiary alicyclic amines) is 2. The van der Waals surface area contributed by atoms with Crippen LogP contribution in [-0.2, 0) is 16.4 Å². The predicted molar refractivity (Wildman–Crippen MR) is 134 cm³/mol. The molecule has 1 amide bonds. The van der Waals surface area contributed by atoms with E-state index in [2.05, 4.69) is 36.9 Å². The van der Waals surface area contributed by atoms with Gasteiger partial charge >= 0.3 is 0 Å². The zero-order valence-electron chi connectivity index (χ0n) is 20.5. The molecular formula is C27H36N2O4S. The number of ether oxygens (including phenoxy) is 1. The van der Waals surface area contributed by atoms with E-state index in [9.17, 15) is 13.2 Å². The number of sulfone groups is 1. The van der Waals surface area contributed by atoms with E-state index in [0.29, 0.717) is 11.5 Å². The van der Waals surface area contributed by atoms with Crippen molar-refractivity contribution >= 4 is 15.7 Å². The van der Waals surface area contributed by atoms with Crippen molar-refractivity contribution in [1.29, 1.82) is 0 Å². The van der Waals surface area contributed by atoms with Crippen LogP contribution in [0.15, 0.2) is 53.4 Å². The molecule has 0 N–H and O–H groups in total. The zero-order valence-corrected chi connectivity index (χ0v) is 21.3. The molecule has 0 saturated carbocycles. The number of rotatable bonds is 7. The van der Waals surface area contributed by atoms with E-state index in [1.54, 1.807) is 12.1 Å². The summed E-state index contributed by atoms with van der Waals surface area (Å²) < 4.78 is 29.4. The summed E-state index contributed by atoms with van der Waals surface area (Å²) >= 11 is 0. The summed E-state index contributed by atoms with van der Waals surface area (Å²) in [6.07, 6.45) is 4.34. The molecule has 2 aromatic rings. The van der Waals surface area contributed by atoms with Crippen molar-refractivity contribution < 1.29 is 17.9 Å². The van der Waals surface area contributed by atoms with E-state index >= 15 is 0 Å². The molecule has 0 unspecified atom stereocenters. The maximum Gasteiger partial charge on any atom is 0.253 e. The van der Waals surface area contributed by atoms with Crippen LogP contribution in [0.4, 0.5) is 0 Å². The number of para-hydroxylation sites is 1. The number of carbonyl (C=O) groups excluding carboxylic acids is 1. The third kappa shape index (κ3) is 5.81. The van der Waals surface area contributed by atoms with Crippen molar-refractivity contribution in [3.8, 4) is 5.75 Å². The fourth-order valence-corrected chi connectivity index (χ4v) is 5.69. The van der Waals surface area contributed by atoms with Crippen LogP contribution in [0.1, 0.15) is 49.0 Å². The molecule has 2 aliphatic rings. The van der Waals surface area contributed by atoms with Gasteiger partial charge in [-0.1, -0.05) is 32.0 Å². The molecule has 0 bridgehead atoms. The minimum atomic E-state index is -3.26. The normalized spacial score (nSPS) is 18.5. The highest BCUT2D eigenvalue weighted by molar-refractivity contribution is 7.90. The van der Waals surface area contributed by atoms with Gasteiger partial charge in [0.2, 0.25) is 0 Å². The molecule has 0 radical (unpaired) electrons. The number of carbonyl (C=O) groups is 1. The zero-order chi connectivity index (χ0) is 24.3. The first-order valence-corrected chi connectivity index (χ1v) is 14.1. The van der Waals surface area contributed by atoms with Crippen LogP contribution in [0.25, 0.3) is 0 Å². The van der Waals surface area contributed by atoms with Crippen LogP contribution in [0.5, 0.6) is 5.75 Å². The van der Waals surface area contributed by atoms with Gasteiger partial charge in [0.05, 0.1) is 11.5 Å². The second-order valence-electron chi connectivity index (χ2n) is 10.4. The van der Waals surface area contributed by atoms with E-state index in [4.69, 9.17) is 4.74 Å². The SMILES string of the molecule is CC(C)COc1ccccc1CN1CCC2(CCN(C(=O)c3ccc(S(C)(=O)=O)cc3)CC2)C1. The number of hydrogen-bond acceptors (Lipinski definition) is 5. The number of benzene rings is 2. The Hall–Kier alpha value is -2.38. The summed E-state index contributed by atoms with van der Waals surface area (Å²) in [4.78, 5) is 17.7. The standard InChI is InChI=1S/C27H36N2O4S/c1-21(2)19-33-25-7-5-4-6-23(25)18-28-15-12-27(20-28)13-16-29(17-14-27)26(30)22-8-10-24(11-9-22)34(3,31)32/h4-11,21H,12-20H2,1-3H3. The minimum absolute atomic E-state index is 0.0130. The first-order chi connectivity index (χ1) is 16.2. The number of hydrogen-bond donors (Lipinski definition) is 0. The van der Waals surface area contributed by atoms with Gasteiger partial charge in [-0.25, -0.2) is 8.42 Å². The average Bonchev–Trinajstić information content (AvgIpc) is 3.20. The van der Waals surface area contributed by atoms with Crippen LogP contribution < -0.4 is 4.74 Å². The Kier molecular flexibility index (Phi) is 7.33. The largest absolute Gasteiger partial charge is 0.493 e. The van der Waals surface area contributed by atoms with Crippen molar-refractivity contribution in [2.75, 3.05) is 39.0 Å². The van der Waals surface area contributed by atoms with Gasteiger partial charge < -0.3 is 9.64 Å². The molecular weight excluding hydrogens is 448 g/mol. The molecule has 184 valence electrons. The lowest BCUT2D eigenvalue weighted by Crippen LogP contribution is -2.44. The van der Waals surface area contributed by atoms with E-state index < -0.39 is 9.84 Å². The van der Waals surface area contributed by atoms with E-state index in [-0.39, 0.29) is 16.2 Å². The Morgan fingerprint density at radius 3 is 2.29 bits per heavy atom. The molecule has 34 heavy (non-hydrogen) atoms. The molecule has 2 saturated heterocycles. The fraction of sp³-hybridized carbons (Fsp3) is 0.519. The number of piperidine rings is 1. The summed E-state index contributed by atoms with van der Waals surface area (Å²) in [5.74, 6) is 1.47. The van der Waals surface area contributed by atoms with Gasteiger partial charge in [0.1, 0.15) is 5.75 Å². The molecule has 2 fully saturated rings. The molecule has 0 aromatic heterocycles. The van der Waals surface area contributed by atoms with Crippen molar-refractivity contribution in [1.82, 2.24) is 9.80 Å². The fourth-order valence-electron chi connectivity index (χ4n) is 5.05. The Morgan fingerprint density at radius 1 is 1.00 bits per heavy atom. The summed E-state index contributed by atoms with van der Waals surface area (Å²) in [6, 6.07) is 14.6. The van der Waals surface area contributed by atoms with Gasteiger partial charge in [0.25, 0.3) is 5.91 Å². The van der Waals surface area contributed by atoms with E-state index in [1.165, 1.54) is 24.0 Å². The highest BCUT2D eigenvalue weighted by Crippen LogP contribution is 2.41. The smallest absolute Gasteiger partial charge is 0.253 e. The first-order valence-electron chi connectivity index (χ1n) is 12.2. The quantitative estimate of drug-likeness (QED) is 0.588. The Balaban J connectivity index is 1.33. The van der Waals surface area contributed by atoms with Gasteiger partial charge in [-0.3, -0.25) is 9.69 Å². The topological polar surface area (TPSA) is 66.9 Å². The maximum absolute atomic E-state index is 13.0. The maximum atomic E-state index is 13.0. The molecule has 2 aliphatic heterocycles. The van der Waals surface area contributed by atoms with Gasteiger partial charge in [0.15, 0.2) is 9.84 Å².